The highest BCUT2D eigenvalue weighted by Gasteiger charge is 2.53. The minimum atomic E-state index is -0.833. The van der Waals surface area contributed by atoms with E-state index in [1.54, 1.807) is 6.92 Å². The summed E-state index contributed by atoms with van der Waals surface area (Å²) in [6.45, 7) is 36.1. The van der Waals surface area contributed by atoms with Crippen LogP contribution in [0.1, 0.15) is 143 Å². The minimum absolute atomic E-state index is 0. The van der Waals surface area contributed by atoms with Crippen LogP contribution in [-0.2, 0) is 39.0 Å². The number of hydrazine groups is 1. The molecule has 0 atom stereocenters. The molecular weight excluding hydrogens is 1280 g/mol. The first-order chi connectivity index (χ1) is 40.0. The molecule has 0 amide bonds. The number of carbonyl (C=O) groups is 2. The van der Waals surface area contributed by atoms with Gasteiger partial charge in [0.25, 0.3) is 5.97 Å². The molecule has 461 valence electrons. The third kappa shape index (κ3) is 16.2. The van der Waals surface area contributed by atoms with E-state index in [0.717, 1.165) is 81.2 Å². The number of Topliss-reactive ketones (excluding diaryl/α,β-unsaturated/α-hetero) is 1. The van der Waals surface area contributed by atoms with Gasteiger partial charge in [-0.25, -0.2) is 0 Å². The number of ketones is 1. The average Bonchev–Trinajstić information content (AvgIpc) is 1.65. The number of aliphatic imine (C=N–C) groups is 2. The lowest BCUT2D eigenvalue weighted by Crippen LogP contribution is -2.41. The van der Waals surface area contributed by atoms with E-state index in [2.05, 4.69) is 195 Å². The summed E-state index contributed by atoms with van der Waals surface area (Å²) in [6, 6.07) is 45.3. The van der Waals surface area contributed by atoms with Crippen molar-refractivity contribution in [3.63, 3.8) is 0 Å². The number of aliphatic carboxylic acids is 1. The first-order valence-electron chi connectivity index (χ1n) is 28.7. The molecule has 2 saturated heterocycles. The van der Waals surface area contributed by atoms with E-state index in [9.17, 15) is 4.79 Å². The fraction of sp³-hybridized carbons (Fsp3) is 0.371. The van der Waals surface area contributed by atoms with E-state index in [1.165, 1.54) is 40.7 Å². The van der Waals surface area contributed by atoms with Crippen LogP contribution in [0.2, 0.25) is 0 Å². The third-order valence-corrected chi connectivity index (χ3v) is 19.2. The molecule has 0 bridgehead atoms. The topological polar surface area (TPSA) is 180 Å². The Hall–Kier alpha value is -5.75. The molecule has 6 N–H and O–H groups in total. The Kier molecular flexibility index (Phi) is 23.8. The van der Waals surface area contributed by atoms with Crippen LogP contribution < -0.4 is 22.5 Å². The summed E-state index contributed by atoms with van der Waals surface area (Å²) in [7, 11) is 1.05. The summed E-state index contributed by atoms with van der Waals surface area (Å²) in [5.74, 6) is 5.04. The monoisotopic (exact) mass is 1370 g/mol. The molecule has 0 unspecified atom stereocenters. The Morgan fingerprint density at radius 2 is 0.885 bits per heavy atom. The number of hydrogen-bond donors (Lipinski definition) is 4. The maximum atomic E-state index is 10.1. The number of nitrogens with two attached hydrogens (primary N) is 2. The lowest BCUT2D eigenvalue weighted by molar-refractivity contribution is -0.134. The number of benzene rings is 8. The summed E-state index contributed by atoms with van der Waals surface area (Å²) >= 11 is 10.6. The van der Waals surface area contributed by atoms with Gasteiger partial charge in [0.2, 0.25) is 0 Å². The number of nitrogens with zero attached hydrogens (tertiary/aromatic N) is 2. The number of carboxylic acids is 1. The predicted octanol–water partition coefficient (Wildman–Crippen LogP) is 18.7. The lowest BCUT2D eigenvalue weighted by atomic mass is 9.71. The van der Waals surface area contributed by atoms with Crippen LogP contribution in [0, 0.1) is 5.92 Å². The maximum absolute atomic E-state index is 10.1. The molecule has 17 heteroatoms. The first kappa shape index (κ1) is 72.0. The number of nitrogens with one attached hydrogen (secondary N) is 1. The van der Waals surface area contributed by atoms with Gasteiger partial charge in [-0.05, 0) is 145 Å². The highest BCUT2D eigenvalue weighted by molar-refractivity contribution is 9.11. The zero-order valence-electron chi connectivity index (χ0n) is 53.0. The second kappa shape index (κ2) is 28.8. The Morgan fingerprint density at radius 1 is 0.540 bits per heavy atom. The Balaban J connectivity index is 0.000000197. The van der Waals surface area contributed by atoms with Gasteiger partial charge < -0.3 is 34.9 Å². The minimum Gasteiger partial charge on any atom is -0.481 e. The van der Waals surface area contributed by atoms with E-state index in [0.29, 0.717) is 0 Å². The Morgan fingerprint density at radius 3 is 1.28 bits per heavy atom. The summed E-state index contributed by atoms with van der Waals surface area (Å²) < 4.78 is 26.5. The van der Waals surface area contributed by atoms with Crippen LogP contribution in [0.4, 0.5) is 22.7 Å². The van der Waals surface area contributed by atoms with Crippen molar-refractivity contribution in [3.8, 4) is 0 Å². The quantitative estimate of drug-likeness (QED) is 0.0575. The predicted molar refractivity (Wildman–Crippen MR) is 380 cm³/mol. The van der Waals surface area contributed by atoms with Crippen molar-refractivity contribution in [3.05, 3.63) is 158 Å². The van der Waals surface area contributed by atoms with Gasteiger partial charge in [0.05, 0.1) is 39.5 Å². The largest absolute Gasteiger partial charge is 0.495 e. The average molecular weight is 1370 g/mol. The molecule has 8 aromatic carbocycles. The van der Waals surface area contributed by atoms with Crippen LogP contribution in [0.3, 0.4) is 0 Å². The fourth-order valence-corrected chi connectivity index (χ4v) is 10.8. The number of fused-ring (bicyclic) bond motifs is 8. The van der Waals surface area contributed by atoms with Crippen molar-refractivity contribution in [2.75, 3.05) is 11.2 Å². The number of halogens is 3. The van der Waals surface area contributed by atoms with Crippen molar-refractivity contribution in [2.45, 2.75) is 165 Å². The molecule has 12 nitrogen and oxygen atoms in total. The van der Waals surface area contributed by atoms with Crippen molar-refractivity contribution >= 4 is 157 Å². The summed E-state index contributed by atoms with van der Waals surface area (Å²) in [6.07, 6.45) is 0. The molecule has 87 heavy (non-hydrogen) atoms. The summed E-state index contributed by atoms with van der Waals surface area (Å²) in [5, 5.41) is 16.8. The molecule has 8 aromatic rings. The van der Waals surface area contributed by atoms with Gasteiger partial charge in [0.15, 0.2) is 0 Å². The van der Waals surface area contributed by atoms with Gasteiger partial charge in [0, 0.05) is 75.7 Å². The highest BCUT2D eigenvalue weighted by Crippen LogP contribution is 2.47. The molecule has 0 aliphatic carbocycles. The van der Waals surface area contributed by atoms with E-state index < -0.39 is 5.97 Å². The summed E-state index contributed by atoms with van der Waals surface area (Å²) in [5.41, 5.74) is 17.4. The zero-order chi connectivity index (χ0) is 64.1. The SMILES string of the molecule is C.CC(=O)C(C)C.CC(=O)O.CC1(C)O[B]OC1(C)C.CC1=Nc2c(cc(B3OC(C)(C)C(C)(C)O3)c3ccccc23)C1(C)C.CC1=Nc2c(cc(Br)c3ccccc23)C1(C)C.NNc1ccc(Br)c2ccccc12.Nc1ccc(Br)c2ccccc12. The van der Waals surface area contributed by atoms with Crippen molar-refractivity contribution in [1.29, 1.82) is 0 Å². The number of rotatable bonds is 3. The number of anilines is 2. The smallest absolute Gasteiger partial charge is 0.481 e. The first-order valence-corrected chi connectivity index (χ1v) is 31.1. The van der Waals surface area contributed by atoms with Gasteiger partial charge in [-0.3, -0.25) is 25.4 Å². The lowest BCUT2D eigenvalue weighted by Gasteiger charge is -2.32. The summed E-state index contributed by atoms with van der Waals surface area (Å²) in [4.78, 5) is 28.8. The zero-order valence-corrected chi connectivity index (χ0v) is 57.8. The molecule has 4 aliphatic rings. The van der Waals surface area contributed by atoms with Crippen molar-refractivity contribution in [1.82, 2.24) is 0 Å². The van der Waals surface area contributed by atoms with Crippen LogP contribution in [0.25, 0.3) is 43.1 Å². The fourth-order valence-electron chi connectivity index (χ4n) is 9.29. The van der Waals surface area contributed by atoms with Gasteiger partial charge >= 0.3 is 14.8 Å². The van der Waals surface area contributed by atoms with Crippen LogP contribution in [-0.4, -0.2) is 65.5 Å². The van der Waals surface area contributed by atoms with Gasteiger partial charge in [-0.2, -0.15) is 0 Å². The number of carboxylic acid groups (broad SMARTS) is 1. The van der Waals surface area contributed by atoms with Crippen molar-refractivity contribution < 1.29 is 33.3 Å². The molecule has 0 spiro atoms. The normalized spacial score (nSPS) is 16.9. The van der Waals surface area contributed by atoms with Gasteiger partial charge in [-0.1, -0.05) is 200 Å². The van der Waals surface area contributed by atoms with E-state index in [-0.39, 0.29) is 59.5 Å². The number of hydrogen-bond acceptors (Lipinski definition) is 11. The molecule has 2 fully saturated rings. The third-order valence-electron chi connectivity index (χ3n) is 17.1. The molecule has 4 heterocycles. The maximum Gasteiger partial charge on any atom is 0.495 e. The molecule has 4 aliphatic heterocycles. The molecule has 12 rings (SSSR count). The highest BCUT2D eigenvalue weighted by atomic mass is 79.9. The van der Waals surface area contributed by atoms with Gasteiger partial charge in [0.1, 0.15) is 5.78 Å². The molecular formula is C70H87B2Br3N5O7. The van der Waals surface area contributed by atoms with Crippen LogP contribution in [0.5, 0.6) is 0 Å². The van der Waals surface area contributed by atoms with E-state index in [1.807, 2.05) is 102 Å². The van der Waals surface area contributed by atoms with Crippen LogP contribution in [0.15, 0.2) is 157 Å². The van der Waals surface area contributed by atoms with E-state index in [4.69, 9.17) is 50.1 Å². The Labute approximate surface area is 542 Å². The second-order valence-electron chi connectivity index (χ2n) is 25.0. The van der Waals surface area contributed by atoms with E-state index >= 15 is 0 Å². The Bertz CT molecular complexity index is 3790. The van der Waals surface area contributed by atoms with Crippen molar-refractivity contribution in [2.24, 2.45) is 21.7 Å². The number of nitrogen functional groups attached to an aromatic ring is 2. The van der Waals surface area contributed by atoms with Gasteiger partial charge in [-0.15, -0.1) is 0 Å². The van der Waals surface area contributed by atoms with Crippen LogP contribution >= 0.6 is 47.8 Å². The molecule has 0 saturated carbocycles. The standard InChI is InChI=1S/C21H26BNO2.C15H14BrN.C10H9BrN2.C10H8BrN.C6H12BO2.C5H10O.C2H4O2.CH4/c1-13-19(2,3)16-12-17(22-24-20(4,5)21(6,7)25-22)14-10-8-9-11-15(14)18(16)23-13;1-9-15(2,3)12-8-13(16)10-6-4-5-7-11(10)14(12)17-9;11-9-5-6-10(13-12)8-4-2-1-3-7(8)9;11-9-5-6-10(12)8-4-2-1-3-7(8)9;1-5(2)6(3,4)9-7-8-5;1-4(2)5(3)6;1-2(3)4;/h8-12H,1-7H3;4-8H,1-3H3;1-6,13H,12H2;1-6H,12H2;1-4H3;4H,1-3H3;1H3,(H,3,4);1H4. The second-order valence-corrected chi connectivity index (χ2v) is 27.6. The molecule has 0 aromatic heterocycles. The molecule has 1 radical (unpaired) electrons. The number of carbonyl (C=O) groups excluding carboxylic acids is 1.